The van der Waals surface area contributed by atoms with Crippen LogP contribution in [0.5, 0.6) is 0 Å². The van der Waals surface area contributed by atoms with Crippen LogP contribution in [-0.2, 0) is 6.42 Å². The maximum Gasteiger partial charge on any atom is 0.0232 e. The van der Waals surface area contributed by atoms with E-state index in [1.165, 1.54) is 31.4 Å². The first-order chi connectivity index (χ1) is 8.31. The Morgan fingerprint density at radius 2 is 2.12 bits per heavy atom. The standard InChI is InChI=1S/C15H24N2/c1-3-14(11-13-7-5-4-6-8-13)17(2)15-9-10-16-12-15/h4-8,14-16H,3,9-12H2,1-2H3. The Morgan fingerprint density at radius 1 is 1.35 bits per heavy atom. The van der Waals surface area contributed by atoms with E-state index in [-0.39, 0.29) is 0 Å². The fourth-order valence-corrected chi connectivity index (χ4v) is 2.75. The predicted molar refractivity (Wildman–Crippen MR) is 73.3 cm³/mol. The molecule has 2 nitrogen and oxygen atoms in total. The van der Waals surface area contributed by atoms with Crippen LogP contribution in [0.25, 0.3) is 0 Å². The highest BCUT2D eigenvalue weighted by molar-refractivity contribution is 5.16. The summed E-state index contributed by atoms with van der Waals surface area (Å²) in [4.78, 5) is 2.58. The lowest BCUT2D eigenvalue weighted by atomic mass is 10.0. The summed E-state index contributed by atoms with van der Waals surface area (Å²) in [5.41, 5.74) is 1.46. The number of rotatable bonds is 5. The Bertz CT molecular complexity index is 317. The number of hydrogen-bond acceptors (Lipinski definition) is 2. The molecule has 17 heavy (non-hydrogen) atoms. The van der Waals surface area contributed by atoms with Crippen LogP contribution in [0.15, 0.2) is 30.3 Å². The third-order valence-corrected chi connectivity index (χ3v) is 3.97. The van der Waals surface area contributed by atoms with Gasteiger partial charge in [0.2, 0.25) is 0 Å². The molecule has 0 aromatic heterocycles. The van der Waals surface area contributed by atoms with Gasteiger partial charge in [-0.3, -0.25) is 4.90 Å². The molecule has 1 N–H and O–H groups in total. The van der Waals surface area contributed by atoms with Gasteiger partial charge in [0.05, 0.1) is 0 Å². The molecule has 94 valence electrons. The van der Waals surface area contributed by atoms with E-state index in [1.54, 1.807) is 0 Å². The second-order valence-electron chi connectivity index (χ2n) is 5.06. The van der Waals surface area contributed by atoms with Gasteiger partial charge in [0.15, 0.2) is 0 Å². The number of likely N-dealkylation sites (N-methyl/N-ethyl adjacent to an activating group) is 1. The summed E-state index contributed by atoms with van der Waals surface area (Å²) < 4.78 is 0. The zero-order valence-corrected chi connectivity index (χ0v) is 11.0. The second-order valence-corrected chi connectivity index (χ2v) is 5.06. The Balaban J connectivity index is 1.96. The Kier molecular flexibility index (Phi) is 4.57. The minimum Gasteiger partial charge on any atom is -0.315 e. The lowest BCUT2D eigenvalue weighted by Crippen LogP contribution is -2.42. The van der Waals surface area contributed by atoms with E-state index in [0.29, 0.717) is 6.04 Å². The van der Waals surface area contributed by atoms with Crippen molar-refractivity contribution in [2.45, 2.75) is 38.3 Å². The number of benzene rings is 1. The first kappa shape index (κ1) is 12.6. The molecule has 1 aromatic carbocycles. The smallest absolute Gasteiger partial charge is 0.0232 e. The fourth-order valence-electron chi connectivity index (χ4n) is 2.75. The largest absolute Gasteiger partial charge is 0.315 e. The molecule has 1 saturated heterocycles. The summed E-state index contributed by atoms with van der Waals surface area (Å²) in [7, 11) is 2.29. The van der Waals surface area contributed by atoms with Crippen molar-refractivity contribution in [3.05, 3.63) is 35.9 Å². The minimum atomic E-state index is 0.669. The molecule has 1 aliphatic rings. The summed E-state index contributed by atoms with van der Waals surface area (Å²) >= 11 is 0. The van der Waals surface area contributed by atoms with Gasteiger partial charge in [-0.05, 0) is 38.4 Å². The molecule has 2 unspecified atom stereocenters. The van der Waals surface area contributed by atoms with Gasteiger partial charge < -0.3 is 5.32 Å². The zero-order valence-electron chi connectivity index (χ0n) is 11.0. The van der Waals surface area contributed by atoms with Gasteiger partial charge in [-0.15, -0.1) is 0 Å². The SMILES string of the molecule is CCC(Cc1ccccc1)N(C)C1CCNC1. The highest BCUT2D eigenvalue weighted by atomic mass is 15.2. The molecule has 0 bridgehead atoms. The second kappa shape index (κ2) is 6.18. The molecule has 1 aromatic rings. The maximum absolute atomic E-state index is 3.45. The van der Waals surface area contributed by atoms with Gasteiger partial charge in [0.25, 0.3) is 0 Å². The zero-order chi connectivity index (χ0) is 12.1. The molecule has 1 aliphatic heterocycles. The summed E-state index contributed by atoms with van der Waals surface area (Å²) in [6, 6.07) is 12.2. The quantitative estimate of drug-likeness (QED) is 0.838. The van der Waals surface area contributed by atoms with Crippen LogP contribution in [0.1, 0.15) is 25.3 Å². The highest BCUT2D eigenvalue weighted by Gasteiger charge is 2.24. The Morgan fingerprint density at radius 3 is 2.71 bits per heavy atom. The lowest BCUT2D eigenvalue weighted by Gasteiger charge is -2.32. The van der Waals surface area contributed by atoms with Gasteiger partial charge in [0, 0.05) is 18.6 Å². The van der Waals surface area contributed by atoms with Crippen LogP contribution in [0, 0.1) is 0 Å². The van der Waals surface area contributed by atoms with Crippen molar-refractivity contribution in [1.29, 1.82) is 0 Å². The van der Waals surface area contributed by atoms with Crippen LogP contribution in [0.2, 0.25) is 0 Å². The third-order valence-electron chi connectivity index (χ3n) is 3.97. The van der Waals surface area contributed by atoms with E-state index >= 15 is 0 Å². The summed E-state index contributed by atoms with van der Waals surface area (Å²) in [6.07, 6.45) is 3.69. The van der Waals surface area contributed by atoms with Gasteiger partial charge in [0.1, 0.15) is 0 Å². The van der Waals surface area contributed by atoms with Crippen LogP contribution >= 0.6 is 0 Å². The molecule has 1 heterocycles. The van der Waals surface area contributed by atoms with E-state index in [0.717, 1.165) is 12.6 Å². The molecule has 0 radical (unpaired) electrons. The molecule has 0 amide bonds. The maximum atomic E-state index is 3.45. The van der Waals surface area contributed by atoms with Gasteiger partial charge in [-0.1, -0.05) is 37.3 Å². The highest BCUT2D eigenvalue weighted by Crippen LogP contribution is 2.16. The average Bonchev–Trinajstić information content (AvgIpc) is 2.90. The van der Waals surface area contributed by atoms with Crippen molar-refractivity contribution >= 4 is 0 Å². The van der Waals surface area contributed by atoms with E-state index < -0.39 is 0 Å². The lowest BCUT2D eigenvalue weighted by molar-refractivity contribution is 0.177. The number of nitrogens with one attached hydrogen (secondary N) is 1. The van der Waals surface area contributed by atoms with Crippen molar-refractivity contribution in [3.8, 4) is 0 Å². The molecule has 1 fully saturated rings. The molecule has 0 aliphatic carbocycles. The van der Waals surface area contributed by atoms with E-state index in [9.17, 15) is 0 Å². The Hall–Kier alpha value is -0.860. The molecule has 0 spiro atoms. The van der Waals surface area contributed by atoms with Crippen molar-refractivity contribution < 1.29 is 0 Å². The monoisotopic (exact) mass is 232 g/mol. The molecule has 0 saturated carbocycles. The molecule has 2 heteroatoms. The van der Waals surface area contributed by atoms with Crippen LogP contribution in [-0.4, -0.2) is 37.1 Å². The van der Waals surface area contributed by atoms with E-state index in [1.807, 2.05) is 0 Å². The van der Waals surface area contributed by atoms with Crippen LogP contribution < -0.4 is 5.32 Å². The molecule has 2 rings (SSSR count). The summed E-state index contributed by atoms with van der Waals surface area (Å²) in [6.45, 7) is 4.63. The van der Waals surface area contributed by atoms with E-state index in [4.69, 9.17) is 0 Å². The topological polar surface area (TPSA) is 15.3 Å². The third kappa shape index (κ3) is 3.30. The summed E-state index contributed by atoms with van der Waals surface area (Å²) in [5, 5.41) is 3.45. The average molecular weight is 232 g/mol. The normalized spacial score (nSPS) is 21.9. The summed E-state index contributed by atoms with van der Waals surface area (Å²) in [5.74, 6) is 0. The molecule has 2 atom stereocenters. The van der Waals surface area contributed by atoms with Crippen molar-refractivity contribution in [1.82, 2.24) is 10.2 Å². The van der Waals surface area contributed by atoms with Crippen molar-refractivity contribution in [2.75, 3.05) is 20.1 Å². The number of nitrogens with zero attached hydrogens (tertiary/aromatic N) is 1. The van der Waals surface area contributed by atoms with Crippen LogP contribution in [0.3, 0.4) is 0 Å². The van der Waals surface area contributed by atoms with Crippen LogP contribution in [0.4, 0.5) is 0 Å². The van der Waals surface area contributed by atoms with Gasteiger partial charge in [-0.25, -0.2) is 0 Å². The Labute approximate surface area is 105 Å². The number of hydrogen-bond donors (Lipinski definition) is 1. The predicted octanol–water partition coefficient (Wildman–Crippen LogP) is 2.30. The molecular formula is C15H24N2. The first-order valence-electron chi connectivity index (χ1n) is 6.78. The van der Waals surface area contributed by atoms with Crippen molar-refractivity contribution in [3.63, 3.8) is 0 Å². The minimum absolute atomic E-state index is 0.669. The van der Waals surface area contributed by atoms with E-state index in [2.05, 4.69) is 54.5 Å². The fraction of sp³-hybridized carbons (Fsp3) is 0.600. The van der Waals surface area contributed by atoms with Gasteiger partial charge >= 0.3 is 0 Å². The molecular weight excluding hydrogens is 208 g/mol. The van der Waals surface area contributed by atoms with Gasteiger partial charge in [-0.2, -0.15) is 0 Å². The van der Waals surface area contributed by atoms with Crippen molar-refractivity contribution in [2.24, 2.45) is 0 Å². The first-order valence-corrected chi connectivity index (χ1v) is 6.78.